The molecule has 0 amide bonds. The highest BCUT2D eigenvalue weighted by Crippen LogP contribution is 2.48. The molecule has 3 aromatic heterocycles. The molecule has 39 heavy (non-hydrogen) atoms. The first-order valence-corrected chi connectivity index (χ1v) is 12.8. The molecule has 1 saturated carbocycles. The van der Waals surface area contributed by atoms with Gasteiger partial charge >= 0.3 is 5.97 Å². The Labute approximate surface area is 226 Å². The lowest BCUT2D eigenvalue weighted by atomic mass is 9.93. The number of hydrogen-bond donors (Lipinski definition) is 1. The number of hydrogen-bond acceptors (Lipinski definition) is 6. The average molecular weight is 518 g/mol. The van der Waals surface area contributed by atoms with Crippen LogP contribution in [0.5, 0.6) is 5.88 Å². The summed E-state index contributed by atoms with van der Waals surface area (Å²) in [6.07, 6.45) is 3.66. The first kappa shape index (κ1) is 24.6. The number of rotatable bonds is 8. The molecule has 5 aromatic rings. The summed E-state index contributed by atoms with van der Waals surface area (Å²) in [4.78, 5) is 20.8. The van der Waals surface area contributed by atoms with E-state index >= 15 is 0 Å². The molecule has 1 N–H and O–H groups in total. The zero-order valence-electron chi connectivity index (χ0n) is 21.7. The van der Waals surface area contributed by atoms with Crippen LogP contribution in [0.3, 0.4) is 0 Å². The molecule has 0 saturated heterocycles. The van der Waals surface area contributed by atoms with E-state index in [1.165, 1.54) is 0 Å². The Morgan fingerprint density at radius 1 is 0.949 bits per heavy atom. The monoisotopic (exact) mass is 517 g/mol. The second-order valence-electron chi connectivity index (χ2n) is 9.87. The van der Waals surface area contributed by atoms with Crippen molar-refractivity contribution in [3.8, 4) is 39.6 Å². The summed E-state index contributed by atoms with van der Waals surface area (Å²) in [5.41, 5.74) is 7.51. The van der Waals surface area contributed by atoms with Crippen LogP contribution < -0.4 is 4.74 Å². The Kier molecular flexibility index (Phi) is 6.19. The van der Waals surface area contributed by atoms with E-state index < -0.39 is 11.4 Å². The first-order chi connectivity index (χ1) is 19.0. The summed E-state index contributed by atoms with van der Waals surface area (Å²) in [5.74, 6) is 0.516. The number of aliphatic carboxylic acids is 1. The van der Waals surface area contributed by atoms with Crippen LogP contribution in [0.1, 0.15) is 35.4 Å². The van der Waals surface area contributed by atoms with Crippen LogP contribution in [-0.4, -0.2) is 33.3 Å². The smallest absolute Gasteiger partial charge is 0.314 e. The lowest BCUT2D eigenvalue weighted by molar-refractivity contribution is -0.140. The fraction of sp³-hybridized carbons (Fsp3) is 0.188. The van der Waals surface area contributed by atoms with Gasteiger partial charge in [-0.3, -0.25) is 9.78 Å². The minimum atomic E-state index is -0.739. The average Bonchev–Trinajstić information content (AvgIpc) is 3.72. The van der Waals surface area contributed by atoms with Gasteiger partial charge in [0.2, 0.25) is 5.88 Å². The van der Waals surface area contributed by atoms with Crippen LogP contribution in [0.2, 0.25) is 0 Å². The summed E-state index contributed by atoms with van der Waals surface area (Å²) < 4.78 is 11.2. The van der Waals surface area contributed by atoms with Crippen molar-refractivity contribution in [1.82, 2.24) is 15.1 Å². The summed E-state index contributed by atoms with van der Waals surface area (Å²) in [5, 5.41) is 13.8. The number of ether oxygens (including phenoxy) is 1. The molecule has 1 aliphatic carbocycles. The number of carboxylic acids is 1. The van der Waals surface area contributed by atoms with Gasteiger partial charge in [-0.1, -0.05) is 59.8 Å². The second-order valence-corrected chi connectivity index (χ2v) is 9.87. The number of benzene rings is 2. The normalized spacial score (nSPS) is 13.7. The van der Waals surface area contributed by atoms with Crippen LogP contribution in [0.4, 0.5) is 0 Å². The third-order valence-corrected chi connectivity index (χ3v) is 7.47. The highest BCUT2D eigenvalue weighted by Gasteiger charge is 2.51. The number of pyridine rings is 2. The highest BCUT2D eigenvalue weighted by molar-refractivity contribution is 5.85. The van der Waals surface area contributed by atoms with E-state index in [1.807, 2.05) is 85.8 Å². The molecule has 3 heterocycles. The predicted molar refractivity (Wildman–Crippen MR) is 147 cm³/mol. The topological polar surface area (TPSA) is 98.3 Å². The molecule has 0 radical (unpaired) electrons. The Morgan fingerprint density at radius 2 is 1.64 bits per heavy atom. The zero-order valence-corrected chi connectivity index (χ0v) is 21.7. The number of nitrogens with zero attached hydrogens (tertiary/aromatic N) is 3. The standard InChI is InChI=1S/C32H27N3O4/c1-20-27(19-25-5-3-7-28(34-25)26-6-4-18-33-30(26)38-2)29(39-35-20)23-10-8-21(9-11-23)22-12-14-24(15-13-22)32(16-17-32)31(36)37/h3-15,18H,16-17,19H2,1-2H3,(H,36,37). The van der Waals surface area contributed by atoms with Crippen molar-refractivity contribution >= 4 is 5.97 Å². The minimum Gasteiger partial charge on any atom is -0.481 e. The van der Waals surface area contributed by atoms with Gasteiger partial charge in [0.15, 0.2) is 5.76 Å². The maximum Gasteiger partial charge on any atom is 0.314 e. The van der Waals surface area contributed by atoms with Crippen molar-refractivity contribution in [1.29, 1.82) is 0 Å². The molecule has 0 unspecified atom stereocenters. The van der Waals surface area contributed by atoms with E-state index in [0.29, 0.717) is 25.1 Å². The Hall–Kier alpha value is -4.78. The van der Waals surface area contributed by atoms with E-state index in [0.717, 1.165) is 56.2 Å². The van der Waals surface area contributed by atoms with E-state index in [9.17, 15) is 9.90 Å². The van der Waals surface area contributed by atoms with Crippen molar-refractivity contribution in [2.75, 3.05) is 7.11 Å². The molecule has 7 nitrogen and oxygen atoms in total. The lowest BCUT2D eigenvalue weighted by Crippen LogP contribution is -2.19. The first-order valence-electron chi connectivity index (χ1n) is 12.8. The SMILES string of the molecule is COc1ncccc1-c1cccc(Cc2c(C)noc2-c2ccc(-c3ccc(C4(C(=O)O)CC4)cc3)cc2)n1. The molecule has 0 atom stereocenters. The van der Waals surface area contributed by atoms with Crippen LogP contribution in [-0.2, 0) is 16.6 Å². The quantitative estimate of drug-likeness (QED) is 0.251. The van der Waals surface area contributed by atoms with E-state index in [4.69, 9.17) is 14.2 Å². The molecular weight excluding hydrogens is 490 g/mol. The number of carboxylic acid groups (broad SMARTS) is 1. The van der Waals surface area contributed by atoms with Gasteiger partial charge in [-0.05, 0) is 60.7 Å². The van der Waals surface area contributed by atoms with Crippen LogP contribution in [0.15, 0.2) is 89.6 Å². The molecule has 2 aromatic carbocycles. The highest BCUT2D eigenvalue weighted by atomic mass is 16.5. The molecule has 7 heteroatoms. The summed E-state index contributed by atoms with van der Waals surface area (Å²) in [7, 11) is 1.60. The van der Waals surface area contributed by atoms with Crippen molar-refractivity contribution in [3.63, 3.8) is 0 Å². The fourth-order valence-electron chi connectivity index (χ4n) is 5.03. The third kappa shape index (κ3) is 4.56. The van der Waals surface area contributed by atoms with Gasteiger partial charge in [-0.15, -0.1) is 0 Å². The van der Waals surface area contributed by atoms with Crippen molar-refractivity contribution in [3.05, 3.63) is 108 Å². The molecule has 0 aliphatic heterocycles. The maximum atomic E-state index is 11.6. The number of carbonyl (C=O) groups is 1. The van der Waals surface area contributed by atoms with Crippen LogP contribution in [0.25, 0.3) is 33.7 Å². The fourth-order valence-corrected chi connectivity index (χ4v) is 5.03. The van der Waals surface area contributed by atoms with Gasteiger partial charge in [0.25, 0.3) is 0 Å². The summed E-state index contributed by atoms with van der Waals surface area (Å²) in [6, 6.07) is 25.7. The molecule has 0 bridgehead atoms. The summed E-state index contributed by atoms with van der Waals surface area (Å²) >= 11 is 0. The number of aryl methyl sites for hydroxylation is 1. The molecule has 1 fully saturated rings. The van der Waals surface area contributed by atoms with Gasteiger partial charge in [0.05, 0.1) is 29.5 Å². The van der Waals surface area contributed by atoms with Gasteiger partial charge < -0.3 is 14.4 Å². The lowest BCUT2D eigenvalue weighted by Gasteiger charge is -2.11. The Bertz CT molecular complexity index is 1650. The molecule has 194 valence electrons. The molecule has 0 spiro atoms. The zero-order chi connectivity index (χ0) is 27.0. The predicted octanol–water partition coefficient (Wildman–Crippen LogP) is 6.49. The Balaban J connectivity index is 1.24. The summed E-state index contributed by atoms with van der Waals surface area (Å²) in [6.45, 7) is 1.94. The van der Waals surface area contributed by atoms with E-state index in [2.05, 4.69) is 10.1 Å². The molecule has 6 rings (SSSR count). The maximum absolute atomic E-state index is 11.6. The van der Waals surface area contributed by atoms with Gasteiger partial charge in [-0.25, -0.2) is 4.98 Å². The van der Waals surface area contributed by atoms with Crippen LogP contribution >= 0.6 is 0 Å². The number of aromatic nitrogens is 3. The Morgan fingerprint density at radius 3 is 2.31 bits per heavy atom. The van der Waals surface area contributed by atoms with E-state index in [1.54, 1.807) is 13.3 Å². The van der Waals surface area contributed by atoms with Gasteiger partial charge in [0.1, 0.15) is 0 Å². The molecule has 1 aliphatic rings. The van der Waals surface area contributed by atoms with Crippen molar-refractivity contribution in [2.24, 2.45) is 0 Å². The van der Waals surface area contributed by atoms with Gasteiger partial charge in [0, 0.05) is 29.4 Å². The van der Waals surface area contributed by atoms with E-state index in [-0.39, 0.29) is 0 Å². The second kappa shape index (κ2) is 9.83. The third-order valence-electron chi connectivity index (χ3n) is 7.47. The minimum absolute atomic E-state index is 0.535. The van der Waals surface area contributed by atoms with Crippen molar-refractivity contribution < 1.29 is 19.2 Å². The largest absolute Gasteiger partial charge is 0.481 e. The van der Waals surface area contributed by atoms with Crippen LogP contribution in [0, 0.1) is 6.92 Å². The van der Waals surface area contributed by atoms with Crippen molar-refractivity contribution in [2.45, 2.75) is 31.6 Å². The van der Waals surface area contributed by atoms with Gasteiger partial charge in [-0.2, -0.15) is 0 Å². The number of methoxy groups -OCH3 is 1. The molecular formula is C32H27N3O4.